The monoisotopic (exact) mass is 367 g/mol. The maximum absolute atomic E-state index is 4.61. The second-order valence-corrected chi connectivity index (χ2v) is 2.10. The number of rotatable bonds is 0. The Hall–Kier alpha value is 0.978. The Balaban J connectivity index is 0. The molecule has 1 saturated carbocycles. The summed E-state index contributed by atoms with van der Waals surface area (Å²) in [7, 11) is 4.61. The minimum atomic E-state index is 1.23. The van der Waals surface area contributed by atoms with Crippen LogP contribution in [0.3, 0.4) is 0 Å². The summed E-state index contributed by atoms with van der Waals surface area (Å²) in [6.45, 7) is 5.00. The van der Waals surface area contributed by atoms with E-state index in [1.165, 1.54) is 25.7 Å². The van der Waals surface area contributed by atoms with Crippen LogP contribution in [0.15, 0.2) is 0 Å². The van der Waals surface area contributed by atoms with Gasteiger partial charge in [0.05, 0.1) is 0 Å². The van der Waals surface area contributed by atoms with Gasteiger partial charge in [0.15, 0.2) is 0 Å². The molecule has 0 aromatic heterocycles. The zero-order valence-electron chi connectivity index (χ0n) is 7.54. The van der Waals surface area contributed by atoms with Crippen molar-refractivity contribution >= 4 is 9.42 Å². The van der Waals surface area contributed by atoms with E-state index in [9.17, 15) is 0 Å². The van der Waals surface area contributed by atoms with Crippen LogP contribution in [0.1, 0.15) is 32.6 Å². The number of hydrogen-bond donors (Lipinski definition) is 0. The molecule has 1 aliphatic carbocycles. The van der Waals surface area contributed by atoms with Crippen LogP contribution in [0.5, 0.6) is 0 Å². The topological polar surface area (TPSA) is 0 Å². The molecule has 0 nitrogen and oxygen atoms in total. The van der Waals surface area contributed by atoms with Crippen LogP contribution in [0.25, 0.3) is 0 Å². The fourth-order valence-corrected chi connectivity index (χ4v) is 0.856. The summed E-state index contributed by atoms with van der Waals surface area (Å²) in [6.07, 6.45) is 14.0. The average molecular weight is 368 g/mol. The van der Waals surface area contributed by atoms with E-state index in [0.29, 0.717) is 0 Å². The first-order chi connectivity index (χ1) is 6.00. The number of hydrogen-bond acceptors (Lipinski definition) is 0. The molecule has 0 aromatic carbocycles. The first-order valence-corrected chi connectivity index (χ1v) is 6.94. The average Bonchev–Trinajstić information content (AvgIpc) is 2.10. The molecule has 74 valence electrons. The predicted molar refractivity (Wildman–Crippen MR) is 52.6 cm³/mol. The van der Waals surface area contributed by atoms with E-state index in [1.54, 1.807) is 25.7 Å². The molecule has 2 heteroatoms. The molecular formula is C10H17ClPt. The maximum atomic E-state index is 4.61. The van der Waals surface area contributed by atoms with Crippen LogP contribution in [0.2, 0.25) is 0 Å². The molecule has 0 heterocycles. The fraction of sp³-hybridized carbons (Fsp3) is 0.500. The summed E-state index contributed by atoms with van der Waals surface area (Å²) in [5, 5.41) is 0. The third-order valence-corrected chi connectivity index (χ3v) is 1.33. The molecule has 0 N–H and O–H groups in total. The van der Waals surface area contributed by atoms with Crippen LogP contribution in [0.4, 0.5) is 0 Å². The fourth-order valence-electron chi connectivity index (χ4n) is 0.856. The Labute approximate surface area is 93.3 Å². The van der Waals surface area contributed by atoms with Gasteiger partial charge in [0.25, 0.3) is 0 Å². The van der Waals surface area contributed by atoms with E-state index in [4.69, 9.17) is 0 Å². The van der Waals surface area contributed by atoms with E-state index >= 15 is 0 Å². The molecule has 4 radical (unpaired) electrons. The Morgan fingerprint density at radius 1 is 0.833 bits per heavy atom. The third kappa shape index (κ3) is 13.6. The molecule has 0 unspecified atom stereocenters. The summed E-state index contributed by atoms with van der Waals surface area (Å²) in [6, 6.07) is 0. The summed E-state index contributed by atoms with van der Waals surface area (Å²) in [4.78, 5) is 0. The van der Waals surface area contributed by atoms with Gasteiger partial charge in [0, 0.05) is 0 Å². The van der Waals surface area contributed by atoms with Gasteiger partial charge in [-0.1, -0.05) is 0 Å². The van der Waals surface area contributed by atoms with Crippen LogP contribution in [-0.2, 0) is 18.8 Å². The van der Waals surface area contributed by atoms with Crippen LogP contribution >= 0.6 is 9.42 Å². The van der Waals surface area contributed by atoms with Gasteiger partial charge in [-0.25, -0.2) is 0 Å². The van der Waals surface area contributed by atoms with Crippen molar-refractivity contribution in [3.63, 3.8) is 0 Å². The molecule has 0 spiro atoms. The second-order valence-electron chi connectivity index (χ2n) is 2.10. The summed E-state index contributed by atoms with van der Waals surface area (Å²) in [5.74, 6) is 0. The molecule has 0 aliphatic heterocycles. The molecule has 1 fully saturated rings. The Morgan fingerprint density at radius 2 is 1.00 bits per heavy atom. The van der Waals surface area contributed by atoms with Gasteiger partial charge >= 0.3 is 28.2 Å². The van der Waals surface area contributed by atoms with Crippen molar-refractivity contribution in [3.05, 3.63) is 32.6 Å². The Kier molecular flexibility index (Phi) is 23.1. The van der Waals surface area contributed by atoms with Crippen LogP contribution in [-0.4, -0.2) is 0 Å². The van der Waals surface area contributed by atoms with E-state index in [2.05, 4.69) is 42.0 Å². The molecule has 0 aromatic rings. The SMILES string of the molecule is [CH2-]C.[CH]1[CH]CC[CH][CH]CC1.[Cl][Pt+]. The van der Waals surface area contributed by atoms with Crippen LogP contribution < -0.4 is 0 Å². The quantitative estimate of drug-likeness (QED) is 0.570. The van der Waals surface area contributed by atoms with Gasteiger partial charge in [-0.3, -0.25) is 0 Å². The van der Waals surface area contributed by atoms with Crippen molar-refractivity contribution in [2.45, 2.75) is 32.6 Å². The van der Waals surface area contributed by atoms with E-state index < -0.39 is 0 Å². The number of halogens is 1. The first kappa shape index (κ1) is 15.5. The second kappa shape index (κ2) is 17.9. The van der Waals surface area contributed by atoms with Crippen LogP contribution in [0, 0.1) is 32.6 Å². The van der Waals surface area contributed by atoms with E-state index in [0.717, 1.165) is 0 Å². The summed E-state index contributed by atoms with van der Waals surface area (Å²) >= 11 is 1.61. The van der Waals surface area contributed by atoms with Crippen molar-refractivity contribution in [2.75, 3.05) is 0 Å². The molecule has 12 heavy (non-hydrogen) atoms. The van der Waals surface area contributed by atoms with Gasteiger partial charge in [0.2, 0.25) is 0 Å². The third-order valence-electron chi connectivity index (χ3n) is 1.33. The zero-order valence-corrected chi connectivity index (χ0v) is 10.6. The predicted octanol–water partition coefficient (Wildman–Crippen LogP) is 3.90. The standard InChI is InChI=1S/C8H12.C2H5.ClH.Pt/c1-2-4-6-8-7-5-3-1;1-2;;/h1-2,7-8H,3-6H2;1H2,2H3;1H;/q;-1;;+2/p-1. The van der Waals surface area contributed by atoms with Gasteiger partial charge < -0.3 is 6.92 Å². The molecule has 0 bridgehead atoms. The molecule has 1 rings (SSSR count). The van der Waals surface area contributed by atoms with Crippen molar-refractivity contribution in [1.29, 1.82) is 0 Å². The van der Waals surface area contributed by atoms with Crippen molar-refractivity contribution in [2.24, 2.45) is 0 Å². The van der Waals surface area contributed by atoms with Gasteiger partial charge in [-0.05, 0) is 51.4 Å². The van der Waals surface area contributed by atoms with Gasteiger partial charge in [0.1, 0.15) is 0 Å². The Morgan fingerprint density at radius 3 is 1.17 bits per heavy atom. The van der Waals surface area contributed by atoms with Crippen molar-refractivity contribution in [1.82, 2.24) is 0 Å². The molecule has 0 saturated heterocycles. The first-order valence-electron chi connectivity index (χ1n) is 4.13. The van der Waals surface area contributed by atoms with Gasteiger partial charge in [-0.2, -0.15) is 6.92 Å². The molecule has 1 aliphatic rings. The molecular weight excluding hydrogens is 351 g/mol. The zero-order chi connectivity index (χ0) is 9.66. The molecule has 0 amide bonds. The van der Waals surface area contributed by atoms with Crippen molar-refractivity contribution in [3.8, 4) is 0 Å². The van der Waals surface area contributed by atoms with Gasteiger partial charge in [-0.15, -0.1) is 0 Å². The van der Waals surface area contributed by atoms with E-state index in [-0.39, 0.29) is 0 Å². The van der Waals surface area contributed by atoms with E-state index in [1.807, 2.05) is 0 Å². The minimum absolute atomic E-state index is 1.23. The van der Waals surface area contributed by atoms with Crippen molar-refractivity contribution < 1.29 is 18.8 Å². The normalized spacial score (nSPS) is 17.1. The Bertz CT molecular complexity index is 33.8. The summed E-state index contributed by atoms with van der Waals surface area (Å²) in [5.41, 5.74) is 0. The summed E-state index contributed by atoms with van der Waals surface area (Å²) < 4.78 is 0. The molecule has 0 atom stereocenters.